The smallest absolute Gasteiger partial charge is 0.335 e. The number of imide groups is 2. The molecule has 1 aliphatic heterocycles. The lowest BCUT2D eigenvalue weighted by molar-refractivity contribution is -0.122. The maximum Gasteiger partial charge on any atom is 0.335 e. The second-order valence-electron chi connectivity index (χ2n) is 8.25. The number of nitrogens with zero attached hydrogens (tertiary/aromatic N) is 1. The fourth-order valence-corrected chi connectivity index (χ4v) is 4.36. The molecule has 1 saturated heterocycles. The lowest BCUT2D eigenvalue weighted by atomic mass is 10.1. The van der Waals surface area contributed by atoms with Crippen LogP contribution in [-0.2, 0) is 16.2 Å². The molecule has 1 heterocycles. The normalized spacial score (nSPS) is 14.5. The topological polar surface area (TPSA) is 94.2 Å². The van der Waals surface area contributed by atoms with Crippen LogP contribution in [0.4, 0.5) is 10.5 Å². The quantitative estimate of drug-likeness (QED) is 0.234. The van der Waals surface area contributed by atoms with Crippen molar-refractivity contribution in [2.24, 2.45) is 0 Å². The lowest BCUT2D eigenvalue weighted by Crippen LogP contribution is -2.54. The van der Waals surface area contributed by atoms with Gasteiger partial charge in [0.25, 0.3) is 11.8 Å². The molecule has 0 aromatic heterocycles. The number of barbiturate groups is 1. The first-order chi connectivity index (χ1) is 18.3. The molecule has 8 nitrogen and oxygen atoms in total. The number of carbonyl (C=O) groups is 3. The van der Waals surface area contributed by atoms with Crippen molar-refractivity contribution in [1.29, 1.82) is 0 Å². The van der Waals surface area contributed by atoms with E-state index in [1.165, 1.54) is 13.2 Å². The second-order valence-corrected chi connectivity index (χ2v) is 9.54. The highest BCUT2D eigenvalue weighted by Crippen LogP contribution is 2.37. The number of ether oxygens (including phenoxy) is 3. The molecule has 0 bridgehead atoms. The van der Waals surface area contributed by atoms with Gasteiger partial charge in [-0.15, -0.1) is 0 Å². The molecular weight excluding hydrogens is 576 g/mol. The van der Waals surface area contributed by atoms with Crippen LogP contribution in [0.3, 0.4) is 0 Å². The molecule has 1 fully saturated rings. The summed E-state index contributed by atoms with van der Waals surface area (Å²) >= 11 is 9.37. The molecule has 1 aliphatic rings. The summed E-state index contributed by atoms with van der Waals surface area (Å²) in [6.45, 7) is 2.81. The zero-order valence-corrected chi connectivity index (χ0v) is 23.0. The predicted octanol–water partition coefficient (Wildman–Crippen LogP) is 6.15. The molecule has 0 atom stereocenters. The first-order valence-corrected chi connectivity index (χ1v) is 12.9. The van der Waals surface area contributed by atoms with Crippen molar-refractivity contribution in [1.82, 2.24) is 5.32 Å². The van der Waals surface area contributed by atoms with Crippen molar-refractivity contribution in [2.45, 2.75) is 20.0 Å². The van der Waals surface area contributed by atoms with Gasteiger partial charge < -0.3 is 14.2 Å². The maximum absolute atomic E-state index is 13.3. The Bertz CT molecular complexity index is 1390. The van der Waals surface area contributed by atoms with Gasteiger partial charge in [-0.3, -0.25) is 14.9 Å². The number of amides is 4. The van der Waals surface area contributed by atoms with Crippen LogP contribution >= 0.6 is 27.5 Å². The van der Waals surface area contributed by atoms with Crippen LogP contribution in [0.15, 0.2) is 70.7 Å². The number of anilines is 1. The number of hydrogen-bond donors (Lipinski definition) is 1. The molecule has 4 rings (SSSR count). The number of benzene rings is 3. The van der Waals surface area contributed by atoms with Crippen LogP contribution in [0.1, 0.15) is 24.5 Å². The van der Waals surface area contributed by atoms with Gasteiger partial charge in [0.05, 0.1) is 23.9 Å². The van der Waals surface area contributed by atoms with E-state index in [9.17, 15) is 14.4 Å². The molecule has 0 aliphatic carbocycles. The second kappa shape index (κ2) is 12.1. The summed E-state index contributed by atoms with van der Waals surface area (Å²) in [5, 5.41) is 2.86. The summed E-state index contributed by atoms with van der Waals surface area (Å²) in [5.41, 5.74) is 1.53. The number of methoxy groups -OCH3 is 1. The summed E-state index contributed by atoms with van der Waals surface area (Å²) in [7, 11) is 1.50. The number of urea groups is 1. The number of halogens is 2. The monoisotopic (exact) mass is 598 g/mol. The van der Waals surface area contributed by atoms with Crippen LogP contribution < -0.4 is 24.4 Å². The maximum atomic E-state index is 13.3. The summed E-state index contributed by atoms with van der Waals surface area (Å²) in [5.74, 6) is -0.0464. The lowest BCUT2D eigenvalue weighted by Gasteiger charge is -2.26. The first kappa shape index (κ1) is 27.2. The molecular formula is C28H24BrClN2O6. The Hall–Kier alpha value is -3.82. The number of hydrogen-bond acceptors (Lipinski definition) is 6. The summed E-state index contributed by atoms with van der Waals surface area (Å²) in [6, 6.07) is 16.2. The van der Waals surface area contributed by atoms with E-state index in [1.54, 1.807) is 48.5 Å². The van der Waals surface area contributed by atoms with E-state index in [0.717, 1.165) is 16.9 Å². The minimum atomic E-state index is -0.839. The van der Waals surface area contributed by atoms with E-state index in [-0.39, 0.29) is 11.3 Å². The average molecular weight is 600 g/mol. The Labute approximate surface area is 233 Å². The average Bonchev–Trinajstić information content (AvgIpc) is 2.90. The van der Waals surface area contributed by atoms with Crippen molar-refractivity contribution in [3.8, 4) is 17.2 Å². The van der Waals surface area contributed by atoms with E-state index >= 15 is 0 Å². The molecule has 3 aromatic carbocycles. The van der Waals surface area contributed by atoms with Crippen LogP contribution in [0, 0.1) is 0 Å². The fraction of sp³-hybridized carbons (Fsp3) is 0.179. The van der Waals surface area contributed by atoms with Gasteiger partial charge in [-0.25, -0.2) is 9.69 Å². The van der Waals surface area contributed by atoms with Crippen molar-refractivity contribution in [2.75, 3.05) is 18.6 Å². The zero-order chi connectivity index (χ0) is 27.2. The largest absolute Gasteiger partial charge is 0.493 e. The first-order valence-electron chi connectivity index (χ1n) is 11.7. The minimum Gasteiger partial charge on any atom is -0.493 e. The van der Waals surface area contributed by atoms with Crippen molar-refractivity contribution in [3.63, 3.8) is 0 Å². The molecule has 0 radical (unpaired) electrons. The van der Waals surface area contributed by atoms with Gasteiger partial charge in [-0.1, -0.05) is 30.7 Å². The zero-order valence-electron chi connectivity index (χ0n) is 20.6. The van der Waals surface area contributed by atoms with Crippen LogP contribution in [0.5, 0.6) is 17.2 Å². The van der Waals surface area contributed by atoms with Crippen LogP contribution in [0.2, 0.25) is 5.02 Å². The molecule has 38 heavy (non-hydrogen) atoms. The van der Waals surface area contributed by atoms with E-state index in [2.05, 4.69) is 21.2 Å². The Morgan fingerprint density at radius 2 is 1.71 bits per heavy atom. The van der Waals surface area contributed by atoms with E-state index in [1.807, 2.05) is 19.1 Å². The molecule has 4 amide bonds. The van der Waals surface area contributed by atoms with E-state index < -0.39 is 17.8 Å². The molecule has 10 heteroatoms. The summed E-state index contributed by atoms with van der Waals surface area (Å²) in [4.78, 5) is 39.4. The minimum absolute atomic E-state index is 0.205. The van der Waals surface area contributed by atoms with Crippen molar-refractivity contribution < 1.29 is 28.6 Å². The van der Waals surface area contributed by atoms with E-state index in [4.69, 9.17) is 25.8 Å². The third-order valence-corrected chi connectivity index (χ3v) is 6.37. The van der Waals surface area contributed by atoms with Gasteiger partial charge in [-0.2, -0.15) is 0 Å². The predicted molar refractivity (Wildman–Crippen MR) is 148 cm³/mol. The summed E-state index contributed by atoms with van der Waals surface area (Å²) < 4.78 is 17.5. The number of nitrogens with one attached hydrogen (secondary N) is 1. The Balaban J connectivity index is 1.55. The fourth-order valence-electron chi connectivity index (χ4n) is 3.66. The number of rotatable bonds is 9. The third kappa shape index (κ3) is 6.17. The third-order valence-electron chi connectivity index (χ3n) is 5.53. The Morgan fingerprint density at radius 3 is 2.37 bits per heavy atom. The van der Waals surface area contributed by atoms with E-state index in [0.29, 0.717) is 45.5 Å². The SMILES string of the molecule is CCCOc1c(Br)cc(/C=C2\C(=O)NC(=O)N(c3ccc(OCc4ccc(Cl)cc4)cc3)C2=O)cc1OC. The van der Waals surface area contributed by atoms with Gasteiger partial charge in [0.15, 0.2) is 11.5 Å². The molecule has 0 unspecified atom stereocenters. The van der Waals surface area contributed by atoms with Gasteiger partial charge in [0.1, 0.15) is 17.9 Å². The molecule has 196 valence electrons. The van der Waals surface area contributed by atoms with Crippen LogP contribution in [-0.4, -0.2) is 31.6 Å². The van der Waals surface area contributed by atoms with Gasteiger partial charge in [0, 0.05) is 5.02 Å². The van der Waals surface area contributed by atoms with Crippen LogP contribution in [0.25, 0.3) is 6.08 Å². The standard InChI is InChI=1S/C28H24BrClN2O6/c1-3-12-37-25-23(29)14-18(15-24(25)36-2)13-22-26(33)31-28(35)32(27(22)34)20-8-10-21(11-9-20)38-16-17-4-6-19(30)7-5-17/h4-11,13-15H,3,12,16H2,1-2H3,(H,31,33,35)/b22-13+. The highest BCUT2D eigenvalue weighted by Gasteiger charge is 2.37. The summed E-state index contributed by atoms with van der Waals surface area (Å²) in [6.07, 6.45) is 2.22. The highest BCUT2D eigenvalue weighted by molar-refractivity contribution is 9.10. The van der Waals surface area contributed by atoms with Crippen molar-refractivity contribution in [3.05, 3.63) is 86.9 Å². The Kier molecular flexibility index (Phi) is 8.70. The van der Waals surface area contributed by atoms with Crippen molar-refractivity contribution >= 4 is 57.1 Å². The van der Waals surface area contributed by atoms with Gasteiger partial charge >= 0.3 is 6.03 Å². The molecule has 0 spiro atoms. The van der Waals surface area contributed by atoms with Gasteiger partial charge in [-0.05, 0) is 88.1 Å². The van der Waals surface area contributed by atoms with Gasteiger partial charge in [0.2, 0.25) is 0 Å². The Morgan fingerprint density at radius 1 is 1.00 bits per heavy atom. The highest BCUT2D eigenvalue weighted by atomic mass is 79.9. The number of carbonyl (C=O) groups excluding carboxylic acids is 3. The molecule has 0 saturated carbocycles. The molecule has 1 N–H and O–H groups in total. The molecule has 3 aromatic rings.